The van der Waals surface area contributed by atoms with Crippen LogP contribution >= 0.6 is 11.6 Å². The Balaban J connectivity index is 1.44. The summed E-state index contributed by atoms with van der Waals surface area (Å²) < 4.78 is 13.5. The Bertz CT molecular complexity index is 1290. The first kappa shape index (κ1) is 22.7. The van der Waals surface area contributed by atoms with Crippen molar-refractivity contribution in [2.75, 3.05) is 5.32 Å². The Morgan fingerprint density at radius 1 is 1.06 bits per heavy atom. The molecule has 6 nitrogen and oxygen atoms in total. The summed E-state index contributed by atoms with van der Waals surface area (Å²) in [4.78, 5) is 12.8. The van der Waals surface area contributed by atoms with Gasteiger partial charge in [0.15, 0.2) is 5.76 Å². The lowest BCUT2D eigenvalue weighted by molar-refractivity contribution is 0.0992. The van der Waals surface area contributed by atoms with Gasteiger partial charge in [-0.15, -0.1) is 0 Å². The molecule has 4 rings (SSSR count). The Morgan fingerprint density at radius 3 is 2.52 bits per heavy atom. The van der Waals surface area contributed by atoms with Crippen LogP contribution in [0.2, 0.25) is 5.02 Å². The molecule has 0 radical (unpaired) electrons. The van der Waals surface area contributed by atoms with Crippen LogP contribution in [0.25, 0.3) is 0 Å². The number of carbonyl (C=O) groups excluding carboxylic acids is 1. The number of hydrogen-bond acceptors (Lipinski definition) is 4. The zero-order chi connectivity index (χ0) is 23.5. The minimum atomic E-state index is -0.332. The number of furan rings is 1. The van der Waals surface area contributed by atoms with Gasteiger partial charge >= 0.3 is 0 Å². The minimum Gasteiger partial charge on any atom is -0.485 e. The number of aryl methyl sites for hydroxylation is 3. The van der Waals surface area contributed by atoms with Crippen molar-refractivity contribution in [2.45, 2.75) is 40.8 Å². The van der Waals surface area contributed by atoms with Gasteiger partial charge in [0.2, 0.25) is 0 Å². The lowest BCUT2D eigenvalue weighted by atomic mass is 10.1. The van der Waals surface area contributed by atoms with E-state index in [4.69, 9.17) is 20.8 Å². The number of aromatic nitrogens is 2. The quantitative estimate of drug-likeness (QED) is 0.352. The second kappa shape index (κ2) is 9.55. The molecule has 1 amide bonds. The fourth-order valence-corrected chi connectivity index (χ4v) is 3.98. The van der Waals surface area contributed by atoms with Crippen molar-refractivity contribution < 1.29 is 13.9 Å². The van der Waals surface area contributed by atoms with Gasteiger partial charge in [0.25, 0.3) is 5.91 Å². The van der Waals surface area contributed by atoms with E-state index in [1.54, 1.807) is 12.1 Å². The van der Waals surface area contributed by atoms with Gasteiger partial charge < -0.3 is 14.5 Å². The van der Waals surface area contributed by atoms with Gasteiger partial charge in [-0.1, -0.05) is 41.9 Å². The SMILES string of the molecule is Cc1cccc(C)c1OCc1ccc(C(=O)Nc2c(C)nn(Cc3cccc(Cl)c3)c2C)o1. The van der Waals surface area contributed by atoms with Crippen LogP contribution < -0.4 is 10.1 Å². The van der Waals surface area contributed by atoms with Gasteiger partial charge in [0.05, 0.1) is 23.6 Å². The third kappa shape index (κ3) is 5.12. The number of para-hydroxylation sites is 1. The first-order valence-electron chi connectivity index (χ1n) is 10.7. The molecule has 0 saturated carbocycles. The highest BCUT2D eigenvalue weighted by Gasteiger charge is 2.18. The van der Waals surface area contributed by atoms with E-state index in [9.17, 15) is 4.79 Å². The predicted molar refractivity (Wildman–Crippen MR) is 129 cm³/mol. The first-order valence-corrected chi connectivity index (χ1v) is 11.1. The highest BCUT2D eigenvalue weighted by Crippen LogP contribution is 2.25. The number of carbonyl (C=O) groups is 1. The van der Waals surface area contributed by atoms with E-state index in [2.05, 4.69) is 10.4 Å². The number of halogens is 1. The summed E-state index contributed by atoms with van der Waals surface area (Å²) in [6.45, 7) is 8.59. The van der Waals surface area contributed by atoms with Crippen molar-refractivity contribution in [1.82, 2.24) is 9.78 Å². The third-order valence-electron chi connectivity index (χ3n) is 5.49. The summed E-state index contributed by atoms with van der Waals surface area (Å²) in [5.41, 5.74) is 5.40. The molecule has 2 aromatic carbocycles. The molecule has 0 aliphatic heterocycles. The molecule has 0 saturated heterocycles. The smallest absolute Gasteiger partial charge is 0.291 e. The summed E-state index contributed by atoms with van der Waals surface area (Å²) >= 11 is 6.09. The van der Waals surface area contributed by atoms with Crippen LogP contribution in [-0.4, -0.2) is 15.7 Å². The molecule has 0 unspecified atom stereocenters. The summed E-state index contributed by atoms with van der Waals surface area (Å²) in [5.74, 6) is 1.30. The number of rotatable bonds is 7. The van der Waals surface area contributed by atoms with Gasteiger partial charge in [-0.25, -0.2) is 0 Å². The van der Waals surface area contributed by atoms with E-state index in [0.717, 1.165) is 33.8 Å². The molecular formula is C26H26ClN3O3. The number of nitrogens with one attached hydrogen (secondary N) is 1. The Labute approximate surface area is 198 Å². The Kier molecular flexibility index (Phi) is 6.56. The molecule has 1 N–H and O–H groups in total. The van der Waals surface area contributed by atoms with Gasteiger partial charge in [-0.2, -0.15) is 5.10 Å². The van der Waals surface area contributed by atoms with Gasteiger partial charge in [0, 0.05) is 5.02 Å². The number of hydrogen-bond donors (Lipinski definition) is 1. The van der Waals surface area contributed by atoms with Crippen molar-refractivity contribution >= 4 is 23.2 Å². The van der Waals surface area contributed by atoms with Crippen LogP contribution in [0.5, 0.6) is 5.75 Å². The molecule has 0 fully saturated rings. The number of anilines is 1. The molecule has 0 aliphatic rings. The van der Waals surface area contributed by atoms with E-state index >= 15 is 0 Å². The third-order valence-corrected chi connectivity index (χ3v) is 5.73. The predicted octanol–water partition coefficient (Wildman–Crippen LogP) is 6.24. The van der Waals surface area contributed by atoms with Crippen LogP contribution in [0, 0.1) is 27.7 Å². The molecule has 4 aromatic rings. The monoisotopic (exact) mass is 463 g/mol. The molecule has 33 heavy (non-hydrogen) atoms. The lowest BCUT2D eigenvalue weighted by Gasteiger charge is -2.10. The largest absolute Gasteiger partial charge is 0.485 e. The van der Waals surface area contributed by atoms with Crippen molar-refractivity contribution in [1.29, 1.82) is 0 Å². The molecular weight excluding hydrogens is 438 g/mol. The topological polar surface area (TPSA) is 69.3 Å². The standard InChI is InChI=1S/C26H26ClN3O3/c1-16-7-5-8-17(2)25(16)32-15-22-11-12-23(33-22)26(31)28-24-18(3)29-30(19(24)4)14-20-9-6-10-21(27)13-20/h5-13H,14-15H2,1-4H3,(H,28,31). The summed E-state index contributed by atoms with van der Waals surface area (Å²) in [7, 11) is 0. The van der Waals surface area contributed by atoms with Crippen molar-refractivity contribution in [2.24, 2.45) is 0 Å². The highest BCUT2D eigenvalue weighted by molar-refractivity contribution is 6.30. The van der Waals surface area contributed by atoms with E-state index < -0.39 is 0 Å². The molecule has 0 atom stereocenters. The van der Waals surface area contributed by atoms with Crippen LogP contribution in [0.4, 0.5) is 5.69 Å². The maximum absolute atomic E-state index is 12.8. The van der Waals surface area contributed by atoms with Crippen LogP contribution in [0.3, 0.4) is 0 Å². The molecule has 0 aliphatic carbocycles. The molecule has 7 heteroatoms. The maximum Gasteiger partial charge on any atom is 0.291 e. The van der Waals surface area contributed by atoms with Crippen molar-refractivity contribution in [3.05, 3.63) is 99.2 Å². The summed E-state index contributed by atoms with van der Waals surface area (Å²) in [6.07, 6.45) is 0. The van der Waals surface area contributed by atoms with Gasteiger partial charge in [-0.3, -0.25) is 9.48 Å². The zero-order valence-corrected chi connectivity index (χ0v) is 19.9. The average Bonchev–Trinajstić information content (AvgIpc) is 3.34. The second-order valence-electron chi connectivity index (χ2n) is 8.06. The van der Waals surface area contributed by atoms with E-state index in [1.165, 1.54) is 0 Å². The minimum absolute atomic E-state index is 0.219. The highest BCUT2D eigenvalue weighted by atomic mass is 35.5. The van der Waals surface area contributed by atoms with E-state index in [1.807, 2.05) is 74.8 Å². The second-order valence-corrected chi connectivity index (χ2v) is 8.50. The number of amides is 1. The number of benzene rings is 2. The lowest BCUT2D eigenvalue weighted by Crippen LogP contribution is -2.12. The maximum atomic E-state index is 12.8. The fourth-order valence-electron chi connectivity index (χ4n) is 3.76. The molecule has 2 aromatic heterocycles. The molecule has 2 heterocycles. The van der Waals surface area contributed by atoms with Gasteiger partial charge in [-0.05, 0) is 68.7 Å². The Morgan fingerprint density at radius 2 is 1.79 bits per heavy atom. The summed E-state index contributed by atoms with van der Waals surface area (Å²) in [5, 5.41) is 8.19. The first-order chi connectivity index (χ1) is 15.8. The van der Waals surface area contributed by atoms with Crippen LogP contribution in [-0.2, 0) is 13.2 Å². The Hall–Kier alpha value is -3.51. The summed E-state index contributed by atoms with van der Waals surface area (Å²) in [6, 6.07) is 17.0. The van der Waals surface area contributed by atoms with Crippen molar-refractivity contribution in [3.63, 3.8) is 0 Å². The van der Waals surface area contributed by atoms with Gasteiger partial charge in [0.1, 0.15) is 18.1 Å². The fraction of sp³-hybridized carbons (Fsp3) is 0.231. The van der Waals surface area contributed by atoms with E-state index in [-0.39, 0.29) is 18.3 Å². The molecule has 0 bridgehead atoms. The van der Waals surface area contributed by atoms with E-state index in [0.29, 0.717) is 23.0 Å². The molecule has 0 spiro atoms. The van der Waals surface area contributed by atoms with Crippen LogP contribution in [0.15, 0.2) is 59.0 Å². The van der Waals surface area contributed by atoms with Crippen LogP contribution in [0.1, 0.15) is 44.4 Å². The van der Waals surface area contributed by atoms with Crippen molar-refractivity contribution in [3.8, 4) is 5.75 Å². The average molecular weight is 464 g/mol. The number of nitrogens with zero attached hydrogens (tertiary/aromatic N) is 2. The normalized spacial score (nSPS) is 10.9. The number of ether oxygens (including phenoxy) is 1. The molecule has 170 valence electrons. The zero-order valence-electron chi connectivity index (χ0n) is 19.1.